The van der Waals surface area contributed by atoms with Crippen molar-refractivity contribution in [1.29, 1.82) is 0 Å². The standard InChI is InChI=1S/C44H82NO8P/c1-3-5-7-9-11-13-15-17-18-19-20-21-22-23-24-25-27-29-31-33-35-37-44(47)53-42(41-52-54(48,49)51-39-38-45)40-50-43(46)36-34-32-30-28-26-16-14-12-10-8-6-4-2/h12,14-15,17,19-20,42H,3-11,13,16,18,21-41,45H2,1-2H3,(H,48,49)/b14-12-,17-15-,20-19-. The van der Waals surface area contributed by atoms with Crippen LogP contribution in [0.4, 0.5) is 0 Å². The normalized spacial score (nSPS) is 13.6. The largest absolute Gasteiger partial charge is 0.472 e. The molecule has 0 radical (unpaired) electrons. The molecule has 0 saturated carbocycles. The van der Waals surface area contributed by atoms with Crippen molar-refractivity contribution in [2.75, 3.05) is 26.4 Å². The van der Waals surface area contributed by atoms with Crippen molar-refractivity contribution in [2.45, 2.75) is 206 Å². The van der Waals surface area contributed by atoms with Gasteiger partial charge in [-0.1, -0.05) is 153 Å². The van der Waals surface area contributed by atoms with E-state index in [1.165, 1.54) is 96.3 Å². The minimum absolute atomic E-state index is 0.0513. The van der Waals surface area contributed by atoms with Gasteiger partial charge >= 0.3 is 19.8 Å². The molecule has 9 nitrogen and oxygen atoms in total. The van der Waals surface area contributed by atoms with Crippen LogP contribution in [0.2, 0.25) is 0 Å². The molecule has 0 heterocycles. The first-order chi connectivity index (χ1) is 26.3. The van der Waals surface area contributed by atoms with Crippen molar-refractivity contribution in [3.63, 3.8) is 0 Å². The smallest absolute Gasteiger partial charge is 0.462 e. The van der Waals surface area contributed by atoms with Gasteiger partial charge in [-0.25, -0.2) is 4.57 Å². The highest BCUT2D eigenvalue weighted by Gasteiger charge is 2.26. The topological polar surface area (TPSA) is 134 Å². The molecular weight excluding hydrogens is 701 g/mol. The monoisotopic (exact) mass is 784 g/mol. The molecule has 3 N–H and O–H groups in total. The number of carbonyl (C=O) groups excluding carboxylic acids is 2. The summed E-state index contributed by atoms with van der Waals surface area (Å²) in [6, 6.07) is 0. The van der Waals surface area contributed by atoms with E-state index < -0.39 is 32.5 Å². The minimum Gasteiger partial charge on any atom is -0.462 e. The third-order valence-electron chi connectivity index (χ3n) is 9.25. The Hall–Kier alpha value is -1.77. The number of phosphoric acid groups is 1. The van der Waals surface area contributed by atoms with Gasteiger partial charge in [0.05, 0.1) is 13.2 Å². The zero-order valence-electron chi connectivity index (χ0n) is 34.7. The third kappa shape index (κ3) is 39.9. The lowest BCUT2D eigenvalue weighted by Crippen LogP contribution is -2.29. The third-order valence-corrected chi connectivity index (χ3v) is 10.2. The Morgan fingerprint density at radius 2 is 0.963 bits per heavy atom. The molecule has 0 amide bonds. The molecule has 0 aliphatic carbocycles. The summed E-state index contributed by atoms with van der Waals surface area (Å²) in [4.78, 5) is 34.8. The number of esters is 2. The summed E-state index contributed by atoms with van der Waals surface area (Å²) in [6.07, 6.45) is 44.6. The number of ether oxygens (including phenoxy) is 2. The van der Waals surface area contributed by atoms with Gasteiger partial charge in [0.1, 0.15) is 6.61 Å². The number of hydrogen-bond donors (Lipinski definition) is 2. The SMILES string of the molecule is CCCCC/C=C\CCCCCCCC(=O)OCC(COP(=O)(O)OCCN)OC(=O)CCCCCCCCCCC/C=C\C/C=C\CCCCCCC. The zero-order chi connectivity index (χ0) is 39.6. The van der Waals surface area contributed by atoms with Gasteiger partial charge in [0.25, 0.3) is 0 Å². The summed E-state index contributed by atoms with van der Waals surface area (Å²) in [5.41, 5.74) is 5.34. The predicted octanol–water partition coefficient (Wildman–Crippen LogP) is 12.6. The first kappa shape index (κ1) is 52.2. The van der Waals surface area contributed by atoms with E-state index in [0.717, 1.165) is 70.6 Å². The van der Waals surface area contributed by atoms with Crippen molar-refractivity contribution in [2.24, 2.45) is 5.73 Å². The number of nitrogens with two attached hydrogens (primary N) is 1. The second-order valence-electron chi connectivity index (χ2n) is 14.6. The van der Waals surface area contributed by atoms with Crippen LogP contribution in [0.3, 0.4) is 0 Å². The number of unbranched alkanes of at least 4 members (excludes halogenated alkanes) is 22. The molecule has 0 aromatic heterocycles. The van der Waals surface area contributed by atoms with E-state index in [1.807, 2.05) is 0 Å². The average molecular weight is 784 g/mol. The first-order valence-electron chi connectivity index (χ1n) is 22.0. The Kier molecular flexibility index (Phi) is 39.5. The van der Waals surface area contributed by atoms with Crippen molar-refractivity contribution in [1.82, 2.24) is 0 Å². The first-order valence-corrected chi connectivity index (χ1v) is 23.5. The average Bonchev–Trinajstić information content (AvgIpc) is 3.16. The van der Waals surface area contributed by atoms with E-state index in [9.17, 15) is 19.0 Å². The lowest BCUT2D eigenvalue weighted by molar-refractivity contribution is -0.161. The van der Waals surface area contributed by atoms with Crippen LogP contribution in [0.25, 0.3) is 0 Å². The number of rotatable bonds is 41. The summed E-state index contributed by atoms with van der Waals surface area (Å²) in [5.74, 6) is -0.842. The molecule has 2 atom stereocenters. The van der Waals surface area contributed by atoms with Gasteiger partial charge in [0.2, 0.25) is 0 Å². The van der Waals surface area contributed by atoms with Crippen molar-refractivity contribution in [3.05, 3.63) is 36.5 Å². The van der Waals surface area contributed by atoms with Crippen LogP contribution in [-0.2, 0) is 32.7 Å². The minimum atomic E-state index is -4.38. The molecule has 0 fully saturated rings. The van der Waals surface area contributed by atoms with Gasteiger partial charge in [-0.2, -0.15) is 0 Å². The molecule has 0 aromatic carbocycles. The molecule has 316 valence electrons. The quantitative estimate of drug-likeness (QED) is 0.0269. The van der Waals surface area contributed by atoms with Gasteiger partial charge in [-0.05, 0) is 70.6 Å². The molecule has 0 bridgehead atoms. The molecule has 54 heavy (non-hydrogen) atoms. The lowest BCUT2D eigenvalue weighted by atomic mass is 10.1. The number of hydrogen-bond acceptors (Lipinski definition) is 8. The summed E-state index contributed by atoms with van der Waals surface area (Å²) in [6.45, 7) is 3.69. The van der Waals surface area contributed by atoms with Crippen LogP contribution in [0.5, 0.6) is 0 Å². The Morgan fingerprint density at radius 1 is 0.556 bits per heavy atom. The Morgan fingerprint density at radius 3 is 1.46 bits per heavy atom. The Balaban J connectivity index is 4.12. The van der Waals surface area contributed by atoms with Crippen LogP contribution in [0.15, 0.2) is 36.5 Å². The maximum absolute atomic E-state index is 12.6. The van der Waals surface area contributed by atoms with Crippen LogP contribution >= 0.6 is 7.82 Å². The molecule has 0 spiro atoms. The summed E-state index contributed by atoms with van der Waals surface area (Å²) in [7, 11) is -4.38. The highest BCUT2D eigenvalue weighted by atomic mass is 31.2. The molecule has 0 saturated heterocycles. The molecule has 10 heteroatoms. The Labute approximate surface area is 331 Å². The molecule has 0 rings (SSSR count). The van der Waals surface area contributed by atoms with Crippen LogP contribution < -0.4 is 5.73 Å². The van der Waals surface area contributed by atoms with E-state index in [-0.39, 0.29) is 32.6 Å². The van der Waals surface area contributed by atoms with Crippen LogP contribution in [0, 0.1) is 0 Å². The fraction of sp³-hybridized carbons (Fsp3) is 0.818. The van der Waals surface area contributed by atoms with Gasteiger partial charge in [0, 0.05) is 19.4 Å². The highest BCUT2D eigenvalue weighted by Crippen LogP contribution is 2.43. The van der Waals surface area contributed by atoms with Gasteiger partial charge in [0.15, 0.2) is 6.10 Å². The van der Waals surface area contributed by atoms with E-state index in [4.69, 9.17) is 24.3 Å². The van der Waals surface area contributed by atoms with Gasteiger partial charge < -0.3 is 20.1 Å². The van der Waals surface area contributed by atoms with Crippen molar-refractivity contribution < 1.29 is 37.6 Å². The fourth-order valence-corrected chi connectivity index (χ4v) is 6.72. The summed E-state index contributed by atoms with van der Waals surface area (Å²) in [5, 5.41) is 0. The maximum Gasteiger partial charge on any atom is 0.472 e. The van der Waals surface area contributed by atoms with Gasteiger partial charge in [-0.15, -0.1) is 0 Å². The van der Waals surface area contributed by atoms with Crippen molar-refractivity contribution in [3.8, 4) is 0 Å². The summed E-state index contributed by atoms with van der Waals surface area (Å²) < 4.78 is 32.7. The summed E-state index contributed by atoms with van der Waals surface area (Å²) >= 11 is 0. The Bertz CT molecular complexity index is 986. The van der Waals surface area contributed by atoms with E-state index >= 15 is 0 Å². The maximum atomic E-state index is 12.6. The van der Waals surface area contributed by atoms with E-state index in [0.29, 0.717) is 6.42 Å². The zero-order valence-corrected chi connectivity index (χ0v) is 35.6. The fourth-order valence-electron chi connectivity index (χ4n) is 5.95. The molecule has 0 aromatic rings. The second kappa shape index (κ2) is 40.9. The molecule has 2 unspecified atom stereocenters. The van der Waals surface area contributed by atoms with Gasteiger partial charge in [-0.3, -0.25) is 18.6 Å². The molecule has 0 aliphatic rings. The lowest BCUT2D eigenvalue weighted by Gasteiger charge is -2.19. The number of phosphoric ester groups is 1. The number of carbonyl (C=O) groups is 2. The molecule has 0 aliphatic heterocycles. The van der Waals surface area contributed by atoms with Crippen LogP contribution in [-0.4, -0.2) is 49.3 Å². The second-order valence-corrected chi connectivity index (χ2v) is 16.0. The predicted molar refractivity (Wildman–Crippen MR) is 224 cm³/mol. The molecular formula is C44H82NO8P. The van der Waals surface area contributed by atoms with E-state index in [2.05, 4.69) is 50.3 Å². The number of allylic oxidation sites excluding steroid dienone is 6. The van der Waals surface area contributed by atoms with E-state index in [1.54, 1.807) is 0 Å². The highest BCUT2D eigenvalue weighted by molar-refractivity contribution is 7.47. The van der Waals surface area contributed by atoms with Crippen LogP contribution in [0.1, 0.15) is 200 Å². The van der Waals surface area contributed by atoms with Crippen molar-refractivity contribution >= 4 is 19.8 Å².